The van der Waals surface area contributed by atoms with E-state index < -0.39 is 0 Å². The van der Waals surface area contributed by atoms with Crippen LogP contribution in [0.4, 0.5) is 17.2 Å². The number of carbonyl (C=O) groups is 1. The number of fused-ring (bicyclic) bond motifs is 2. The number of hydrogen-bond donors (Lipinski definition) is 1. The molecule has 1 N–H and O–H groups in total. The lowest BCUT2D eigenvalue weighted by Gasteiger charge is -2.21. The summed E-state index contributed by atoms with van der Waals surface area (Å²) in [5, 5.41) is 3.34. The molecule has 0 saturated carbocycles. The van der Waals surface area contributed by atoms with E-state index in [4.69, 9.17) is 0 Å². The zero-order valence-electron chi connectivity index (χ0n) is 16.5. The van der Waals surface area contributed by atoms with Gasteiger partial charge in [-0.2, -0.15) is 0 Å². The van der Waals surface area contributed by atoms with E-state index in [-0.39, 0.29) is 5.91 Å². The number of rotatable bonds is 3. The number of aryl methyl sites for hydroxylation is 2. The van der Waals surface area contributed by atoms with Gasteiger partial charge in [0, 0.05) is 15.5 Å². The highest BCUT2D eigenvalue weighted by Gasteiger charge is 2.26. The molecule has 4 rings (SSSR count). The molecule has 1 aliphatic rings. The third-order valence-electron chi connectivity index (χ3n) is 4.58. The van der Waals surface area contributed by atoms with Crippen molar-refractivity contribution < 1.29 is 4.79 Å². The van der Waals surface area contributed by atoms with E-state index >= 15 is 0 Å². The molecule has 1 aliphatic heterocycles. The fourth-order valence-corrected chi connectivity index (χ4v) is 4.29. The SMILES string of the molecule is CC#CCN1C(=O)c2ccccc2Sc2cc(Nc3ncc(C)nc3C)ccc21. The van der Waals surface area contributed by atoms with Crippen molar-refractivity contribution in [2.24, 2.45) is 0 Å². The van der Waals surface area contributed by atoms with Gasteiger partial charge < -0.3 is 5.32 Å². The van der Waals surface area contributed by atoms with Crippen molar-refractivity contribution in [1.29, 1.82) is 0 Å². The number of nitrogens with zero attached hydrogens (tertiary/aromatic N) is 3. The summed E-state index contributed by atoms with van der Waals surface area (Å²) in [4.78, 5) is 25.7. The van der Waals surface area contributed by atoms with Crippen LogP contribution >= 0.6 is 11.8 Å². The van der Waals surface area contributed by atoms with E-state index in [1.54, 1.807) is 29.8 Å². The fourth-order valence-electron chi connectivity index (χ4n) is 3.17. The van der Waals surface area contributed by atoms with Crippen LogP contribution in [0.5, 0.6) is 0 Å². The number of hydrogen-bond acceptors (Lipinski definition) is 5. The topological polar surface area (TPSA) is 58.1 Å². The fraction of sp³-hybridized carbons (Fsp3) is 0.174. The molecular weight excluding hydrogens is 380 g/mol. The Balaban J connectivity index is 1.76. The molecule has 0 fully saturated rings. The lowest BCUT2D eigenvalue weighted by Crippen LogP contribution is -2.31. The van der Waals surface area contributed by atoms with Crippen LogP contribution in [-0.2, 0) is 0 Å². The summed E-state index contributed by atoms with van der Waals surface area (Å²) < 4.78 is 0. The lowest BCUT2D eigenvalue weighted by molar-refractivity contribution is 0.0987. The van der Waals surface area contributed by atoms with Gasteiger partial charge in [-0.15, -0.1) is 5.92 Å². The molecule has 144 valence electrons. The van der Waals surface area contributed by atoms with Crippen LogP contribution in [-0.4, -0.2) is 22.4 Å². The Labute approximate surface area is 174 Å². The Hall–Kier alpha value is -3.30. The molecular formula is C23H20N4OS. The molecule has 5 nitrogen and oxygen atoms in total. The predicted octanol–water partition coefficient (Wildman–Crippen LogP) is 4.97. The highest BCUT2D eigenvalue weighted by molar-refractivity contribution is 7.99. The largest absolute Gasteiger partial charge is 0.339 e. The molecule has 2 heterocycles. The van der Waals surface area contributed by atoms with Gasteiger partial charge in [0.15, 0.2) is 5.82 Å². The van der Waals surface area contributed by atoms with Gasteiger partial charge >= 0.3 is 0 Å². The van der Waals surface area contributed by atoms with Crippen molar-refractivity contribution in [3.63, 3.8) is 0 Å². The van der Waals surface area contributed by atoms with Crippen LogP contribution in [0.1, 0.15) is 28.7 Å². The number of carbonyl (C=O) groups excluding carboxylic acids is 1. The van der Waals surface area contributed by atoms with Crippen LogP contribution in [0.2, 0.25) is 0 Å². The monoisotopic (exact) mass is 400 g/mol. The van der Waals surface area contributed by atoms with Gasteiger partial charge in [-0.3, -0.25) is 14.7 Å². The summed E-state index contributed by atoms with van der Waals surface area (Å²) in [6.45, 7) is 5.99. The quantitative estimate of drug-likeness (QED) is 0.629. The van der Waals surface area contributed by atoms with Crippen LogP contribution in [0.15, 0.2) is 58.5 Å². The van der Waals surface area contributed by atoms with E-state index in [2.05, 4.69) is 27.1 Å². The molecule has 0 spiro atoms. The molecule has 3 aromatic rings. The lowest BCUT2D eigenvalue weighted by atomic mass is 10.1. The number of benzene rings is 2. The van der Waals surface area contributed by atoms with Crippen molar-refractivity contribution in [3.05, 3.63) is 65.6 Å². The maximum Gasteiger partial charge on any atom is 0.260 e. The summed E-state index contributed by atoms with van der Waals surface area (Å²) >= 11 is 1.59. The van der Waals surface area contributed by atoms with Gasteiger partial charge in [-0.1, -0.05) is 29.8 Å². The van der Waals surface area contributed by atoms with Gasteiger partial charge in [0.05, 0.1) is 35.4 Å². The number of nitrogens with one attached hydrogen (secondary N) is 1. The molecule has 0 atom stereocenters. The summed E-state index contributed by atoms with van der Waals surface area (Å²) in [7, 11) is 0. The molecule has 0 radical (unpaired) electrons. The van der Waals surface area contributed by atoms with E-state index in [9.17, 15) is 4.79 Å². The van der Waals surface area contributed by atoms with Gasteiger partial charge in [0.1, 0.15) is 0 Å². The maximum absolute atomic E-state index is 13.2. The first-order valence-electron chi connectivity index (χ1n) is 9.26. The van der Waals surface area contributed by atoms with Crippen LogP contribution in [0.3, 0.4) is 0 Å². The maximum atomic E-state index is 13.2. The number of amides is 1. The zero-order chi connectivity index (χ0) is 20.4. The Morgan fingerprint density at radius 2 is 1.97 bits per heavy atom. The third-order valence-corrected chi connectivity index (χ3v) is 5.70. The van der Waals surface area contributed by atoms with Crippen molar-refractivity contribution in [2.75, 3.05) is 16.8 Å². The molecule has 6 heteroatoms. The standard InChI is InChI=1S/C23H20N4OS/c1-4-5-12-27-19-11-10-17(26-22-16(3)25-15(2)14-24-22)13-21(19)29-20-9-7-6-8-18(20)23(27)28/h6-11,13-14H,12H2,1-3H3,(H,24,26). The van der Waals surface area contributed by atoms with E-state index in [1.807, 2.05) is 56.3 Å². The highest BCUT2D eigenvalue weighted by atomic mass is 32.2. The normalized spacial score (nSPS) is 12.4. The van der Waals surface area contributed by atoms with Crippen LogP contribution < -0.4 is 10.2 Å². The average molecular weight is 401 g/mol. The second-order valence-electron chi connectivity index (χ2n) is 6.67. The second-order valence-corrected chi connectivity index (χ2v) is 7.75. The van der Waals surface area contributed by atoms with Crippen molar-refractivity contribution in [3.8, 4) is 11.8 Å². The Kier molecular flexibility index (Phi) is 5.24. The Morgan fingerprint density at radius 3 is 2.76 bits per heavy atom. The Morgan fingerprint density at radius 1 is 1.14 bits per heavy atom. The molecule has 1 aromatic heterocycles. The van der Waals surface area contributed by atoms with Crippen molar-refractivity contribution in [1.82, 2.24) is 9.97 Å². The first-order chi connectivity index (χ1) is 14.1. The Bertz CT molecular complexity index is 1160. The smallest absolute Gasteiger partial charge is 0.260 e. The molecule has 29 heavy (non-hydrogen) atoms. The van der Waals surface area contributed by atoms with Gasteiger partial charge in [0.25, 0.3) is 5.91 Å². The summed E-state index contributed by atoms with van der Waals surface area (Å²) in [6, 6.07) is 13.7. The van der Waals surface area contributed by atoms with Gasteiger partial charge in [0.2, 0.25) is 0 Å². The van der Waals surface area contributed by atoms with Crippen molar-refractivity contribution in [2.45, 2.75) is 30.6 Å². The summed E-state index contributed by atoms with van der Waals surface area (Å²) in [5.74, 6) is 6.60. The van der Waals surface area contributed by atoms with E-state index in [0.717, 1.165) is 38.4 Å². The highest BCUT2D eigenvalue weighted by Crippen LogP contribution is 2.42. The predicted molar refractivity (Wildman–Crippen MR) is 117 cm³/mol. The number of aromatic nitrogens is 2. The zero-order valence-corrected chi connectivity index (χ0v) is 17.3. The minimum absolute atomic E-state index is 0.0319. The minimum atomic E-state index is -0.0319. The molecule has 0 bridgehead atoms. The second kappa shape index (κ2) is 7.98. The van der Waals surface area contributed by atoms with Crippen LogP contribution in [0.25, 0.3) is 0 Å². The first kappa shape index (κ1) is 19.0. The first-order valence-corrected chi connectivity index (χ1v) is 10.1. The molecule has 0 aliphatic carbocycles. The number of anilines is 3. The third kappa shape index (κ3) is 3.82. The minimum Gasteiger partial charge on any atom is -0.339 e. The molecule has 0 saturated heterocycles. The van der Waals surface area contributed by atoms with Crippen LogP contribution in [0, 0.1) is 25.7 Å². The van der Waals surface area contributed by atoms with Crippen molar-refractivity contribution >= 4 is 34.9 Å². The van der Waals surface area contributed by atoms with E-state index in [1.165, 1.54) is 0 Å². The molecule has 0 unspecified atom stereocenters. The average Bonchev–Trinajstić information content (AvgIpc) is 2.82. The molecule has 2 aromatic carbocycles. The summed E-state index contributed by atoms with van der Waals surface area (Å²) in [5.41, 5.74) is 4.17. The van der Waals surface area contributed by atoms with Gasteiger partial charge in [-0.05, 0) is 51.1 Å². The van der Waals surface area contributed by atoms with E-state index in [0.29, 0.717) is 12.1 Å². The summed E-state index contributed by atoms with van der Waals surface area (Å²) in [6.07, 6.45) is 1.74. The molecule has 1 amide bonds. The van der Waals surface area contributed by atoms with Gasteiger partial charge in [-0.25, -0.2) is 4.98 Å².